The molecule has 0 bridgehead atoms. The van der Waals surface area contributed by atoms with Crippen molar-refractivity contribution < 1.29 is 4.79 Å². The fourth-order valence-electron chi connectivity index (χ4n) is 1.65. The molecular weight excluding hydrogens is 224 g/mol. The van der Waals surface area contributed by atoms with Crippen molar-refractivity contribution in [1.82, 2.24) is 4.90 Å². The molecule has 1 amide bonds. The van der Waals surface area contributed by atoms with E-state index in [-0.39, 0.29) is 5.91 Å². The number of rotatable bonds is 6. The number of nitrogens with zero attached hydrogens (tertiary/aromatic N) is 1. The van der Waals surface area contributed by atoms with Gasteiger partial charge in [0.25, 0.3) is 0 Å². The van der Waals surface area contributed by atoms with Crippen LogP contribution in [0.1, 0.15) is 32.3 Å². The van der Waals surface area contributed by atoms with Crippen molar-refractivity contribution in [3.63, 3.8) is 0 Å². The third-order valence-electron chi connectivity index (χ3n) is 2.83. The lowest BCUT2D eigenvalue weighted by molar-refractivity contribution is -0.125. The van der Waals surface area contributed by atoms with Gasteiger partial charge in [-0.3, -0.25) is 4.79 Å². The number of hydrogen-bond acceptors (Lipinski definition) is 2. The molecule has 0 radical (unpaired) electrons. The van der Waals surface area contributed by atoms with Crippen LogP contribution in [0.5, 0.6) is 0 Å². The highest BCUT2D eigenvalue weighted by Crippen LogP contribution is 2.07. The molecule has 1 aromatic carbocycles. The molecule has 3 heteroatoms. The summed E-state index contributed by atoms with van der Waals surface area (Å²) < 4.78 is 0. The minimum atomic E-state index is 0.0720. The number of carbonyl (C=O) groups excluding carboxylic acids is 1. The summed E-state index contributed by atoms with van der Waals surface area (Å²) in [6.07, 6.45) is 5.61. The number of nitrogens with two attached hydrogens (primary N) is 1. The molecule has 1 aromatic rings. The Morgan fingerprint density at radius 2 is 1.94 bits per heavy atom. The van der Waals surface area contributed by atoms with Gasteiger partial charge < -0.3 is 10.6 Å². The second kappa shape index (κ2) is 7.54. The zero-order valence-electron chi connectivity index (χ0n) is 11.2. The van der Waals surface area contributed by atoms with E-state index in [0.717, 1.165) is 37.2 Å². The SMILES string of the molecule is CCCCN(CC)C(=O)/C=C/c1ccc(N)cc1. The second-order valence-corrected chi connectivity index (χ2v) is 4.27. The Hall–Kier alpha value is -1.77. The fourth-order valence-corrected chi connectivity index (χ4v) is 1.65. The molecule has 3 nitrogen and oxygen atoms in total. The van der Waals surface area contributed by atoms with Gasteiger partial charge in [-0.2, -0.15) is 0 Å². The van der Waals surface area contributed by atoms with Gasteiger partial charge >= 0.3 is 0 Å². The van der Waals surface area contributed by atoms with Gasteiger partial charge in [-0.05, 0) is 37.1 Å². The van der Waals surface area contributed by atoms with E-state index in [9.17, 15) is 4.79 Å². The van der Waals surface area contributed by atoms with E-state index < -0.39 is 0 Å². The second-order valence-electron chi connectivity index (χ2n) is 4.27. The Labute approximate surface area is 109 Å². The molecule has 2 N–H and O–H groups in total. The van der Waals surface area contributed by atoms with Gasteiger partial charge in [-0.25, -0.2) is 0 Å². The van der Waals surface area contributed by atoms with E-state index in [1.54, 1.807) is 6.08 Å². The van der Waals surface area contributed by atoms with E-state index >= 15 is 0 Å². The van der Waals surface area contributed by atoms with Gasteiger partial charge in [0.15, 0.2) is 0 Å². The molecule has 0 saturated heterocycles. The largest absolute Gasteiger partial charge is 0.399 e. The van der Waals surface area contributed by atoms with E-state index in [1.165, 1.54) is 0 Å². The molecule has 0 aliphatic rings. The molecule has 0 fully saturated rings. The van der Waals surface area contributed by atoms with Crippen molar-refractivity contribution in [3.05, 3.63) is 35.9 Å². The first kappa shape index (κ1) is 14.3. The van der Waals surface area contributed by atoms with E-state index in [0.29, 0.717) is 0 Å². The van der Waals surface area contributed by atoms with Crippen LogP contribution >= 0.6 is 0 Å². The van der Waals surface area contributed by atoms with Crippen LogP contribution in [0.15, 0.2) is 30.3 Å². The van der Waals surface area contributed by atoms with Gasteiger partial charge in [-0.1, -0.05) is 25.5 Å². The van der Waals surface area contributed by atoms with Crippen molar-refractivity contribution in [2.24, 2.45) is 0 Å². The summed E-state index contributed by atoms with van der Waals surface area (Å²) in [7, 11) is 0. The lowest BCUT2D eigenvalue weighted by Crippen LogP contribution is -2.30. The summed E-state index contributed by atoms with van der Waals surface area (Å²) in [5, 5.41) is 0. The quantitative estimate of drug-likeness (QED) is 0.619. The molecule has 98 valence electrons. The average Bonchev–Trinajstić information content (AvgIpc) is 2.39. The van der Waals surface area contributed by atoms with Crippen molar-refractivity contribution in [2.75, 3.05) is 18.8 Å². The number of hydrogen-bond donors (Lipinski definition) is 1. The summed E-state index contributed by atoms with van der Waals surface area (Å²) in [4.78, 5) is 13.8. The smallest absolute Gasteiger partial charge is 0.246 e. The molecule has 1 rings (SSSR count). The number of amides is 1. The van der Waals surface area contributed by atoms with E-state index in [2.05, 4.69) is 6.92 Å². The maximum atomic E-state index is 11.9. The summed E-state index contributed by atoms with van der Waals surface area (Å²) in [6.45, 7) is 5.72. The maximum Gasteiger partial charge on any atom is 0.246 e. The first-order chi connectivity index (χ1) is 8.67. The highest BCUT2D eigenvalue weighted by atomic mass is 16.2. The van der Waals surface area contributed by atoms with Gasteiger partial charge in [0.2, 0.25) is 5.91 Å². The highest BCUT2D eigenvalue weighted by molar-refractivity contribution is 5.91. The summed E-state index contributed by atoms with van der Waals surface area (Å²) in [6, 6.07) is 7.47. The minimum absolute atomic E-state index is 0.0720. The summed E-state index contributed by atoms with van der Waals surface area (Å²) >= 11 is 0. The molecule has 0 spiro atoms. The lowest BCUT2D eigenvalue weighted by atomic mass is 10.2. The molecule has 0 saturated carbocycles. The van der Waals surface area contributed by atoms with Crippen LogP contribution < -0.4 is 5.73 Å². The van der Waals surface area contributed by atoms with Crippen molar-refractivity contribution in [2.45, 2.75) is 26.7 Å². The number of likely N-dealkylation sites (N-methyl/N-ethyl adjacent to an activating group) is 1. The topological polar surface area (TPSA) is 46.3 Å². The standard InChI is InChI=1S/C15H22N2O/c1-3-5-12-17(4-2)15(18)11-8-13-6-9-14(16)10-7-13/h6-11H,3-5,12,16H2,1-2H3/b11-8+. The predicted octanol–water partition coefficient (Wildman–Crippen LogP) is 2.93. The van der Waals surface area contributed by atoms with Crippen molar-refractivity contribution in [3.8, 4) is 0 Å². The Morgan fingerprint density at radius 3 is 2.50 bits per heavy atom. The highest BCUT2D eigenvalue weighted by Gasteiger charge is 2.06. The van der Waals surface area contributed by atoms with Gasteiger partial charge in [0.05, 0.1) is 0 Å². The van der Waals surface area contributed by atoms with Crippen LogP contribution in [0.3, 0.4) is 0 Å². The number of anilines is 1. The zero-order chi connectivity index (χ0) is 13.4. The number of carbonyl (C=O) groups is 1. The van der Waals surface area contributed by atoms with Crippen LogP contribution in [-0.2, 0) is 4.79 Å². The minimum Gasteiger partial charge on any atom is -0.399 e. The van der Waals surface area contributed by atoms with Crippen LogP contribution in [0, 0.1) is 0 Å². The third-order valence-corrected chi connectivity index (χ3v) is 2.83. The maximum absolute atomic E-state index is 11.9. The Balaban J connectivity index is 2.59. The Morgan fingerprint density at radius 1 is 1.28 bits per heavy atom. The van der Waals surface area contributed by atoms with Gasteiger partial charge in [0, 0.05) is 24.9 Å². The van der Waals surface area contributed by atoms with Crippen LogP contribution in [-0.4, -0.2) is 23.9 Å². The van der Waals surface area contributed by atoms with Gasteiger partial charge in [0.1, 0.15) is 0 Å². The molecule has 18 heavy (non-hydrogen) atoms. The normalized spacial score (nSPS) is 10.8. The number of benzene rings is 1. The molecule has 0 aromatic heterocycles. The summed E-state index contributed by atoms with van der Waals surface area (Å²) in [5.41, 5.74) is 7.33. The molecule has 0 heterocycles. The molecule has 0 aliphatic carbocycles. The van der Waals surface area contributed by atoms with Crippen LogP contribution in [0.4, 0.5) is 5.69 Å². The van der Waals surface area contributed by atoms with Crippen LogP contribution in [0.2, 0.25) is 0 Å². The number of nitrogen functional groups attached to an aromatic ring is 1. The Kier molecular flexibility index (Phi) is 5.98. The fraction of sp³-hybridized carbons (Fsp3) is 0.400. The van der Waals surface area contributed by atoms with Crippen molar-refractivity contribution >= 4 is 17.7 Å². The predicted molar refractivity (Wildman–Crippen MR) is 77.1 cm³/mol. The first-order valence-corrected chi connectivity index (χ1v) is 6.50. The van der Waals surface area contributed by atoms with E-state index in [4.69, 9.17) is 5.73 Å². The van der Waals surface area contributed by atoms with E-state index in [1.807, 2.05) is 42.2 Å². The Bertz CT molecular complexity index is 395. The average molecular weight is 246 g/mol. The monoisotopic (exact) mass is 246 g/mol. The molecule has 0 aliphatic heterocycles. The lowest BCUT2D eigenvalue weighted by Gasteiger charge is -2.18. The number of unbranched alkanes of at least 4 members (excludes halogenated alkanes) is 1. The van der Waals surface area contributed by atoms with Crippen molar-refractivity contribution in [1.29, 1.82) is 0 Å². The summed E-state index contributed by atoms with van der Waals surface area (Å²) in [5.74, 6) is 0.0720. The molecular formula is C15H22N2O. The first-order valence-electron chi connectivity index (χ1n) is 6.50. The zero-order valence-corrected chi connectivity index (χ0v) is 11.2. The molecule has 0 unspecified atom stereocenters. The van der Waals surface area contributed by atoms with Crippen LogP contribution in [0.25, 0.3) is 6.08 Å². The molecule has 0 atom stereocenters. The third kappa shape index (κ3) is 4.62. The van der Waals surface area contributed by atoms with Gasteiger partial charge in [-0.15, -0.1) is 0 Å².